The molecule has 2 heterocycles. The third kappa shape index (κ3) is 4.65. The maximum absolute atomic E-state index is 11.3. The van der Waals surface area contributed by atoms with Crippen molar-refractivity contribution in [1.29, 1.82) is 0 Å². The summed E-state index contributed by atoms with van der Waals surface area (Å²) < 4.78 is 0. The van der Waals surface area contributed by atoms with Crippen molar-refractivity contribution in [2.45, 2.75) is 32.0 Å². The van der Waals surface area contributed by atoms with E-state index in [9.17, 15) is 9.90 Å². The molecule has 1 fully saturated rings. The summed E-state index contributed by atoms with van der Waals surface area (Å²) in [6.07, 6.45) is 3.86. The monoisotopic (exact) mass is 339 g/mol. The lowest BCUT2D eigenvalue weighted by atomic mass is 10.0. The molecule has 25 heavy (non-hydrogen) atoms. The van der Waals surface area contributed by atoms with Crippen LogP contribution in [0.2, 0.25) is 0 Å². The average molecular weight is 339 g/mol. The normalized spacial score (nSPS) is 16.2. The van der Waals surface area contributed by atoms with Gasteiger partial charge in [-0.1, -0.05) is 30.3 Å². The lowest BCUT2D eigenvalue weighted by Crippen LogP contribution is -2.43. The second-order valence-corrected chi connectivity index (χ2v) is 6.71. The number of hydrogen-bond acceptors (Lipinski definition) is 4. The highest BCUT2D eigenvalue weighted by Gasteiger charge is 2.23. The lowest BCUT2D eigenvalue weighted by Gasteiger charge is -2.36. The topological polar surface area (TPSA) is 56.7 Å². The first-order valence-electron chi connectivity index (χ1n) is 8.77. The van der Waals surface area contributed by atoms with Gasteiger partial charge >= 0.3 is 5.97 Å². The summed E-state index contributed by atoms with van der Waals surface area (Å²) in [4.78, 5) is 20.3. The number of nitrogens with zero attached hydrogens (tertiary/aromatic N) is 3. The molecule has 1 N–H and O–H groups in total. The number of rotatable bonds is 6. The zero-order chi connectivity index (χ0) is 17.6. The predicted molar refractivity (Wildman–Crippen MR) is 97.4 cm³/mol. The van der Waals surface area contributed by atoms with Gasteiger partial charge in [0.15, 0.2) is 0 Å². The van der Waals surface area contributed by atoms with Crippen LogP contribution in [0.3, 0.4) is 0 Å². The summed E-state index contributed by atoms with van der Waals surface area (Å²) in [5, 5.41) is 9.28. The Morgan fingerprint density at radius 2 is 1.92 bits per heavy atom. The molecule has 0 atom stereocenters. The highest BCUT2D eigenvalue weighted by molar-refractivity contribution is 5.88. The first kappa shape index (κ1) is 17.6. The summed E-state index contributed by atoms with van der Waals surface area (Å²) in [6.45, 7) is 3.52. The minimum absolute atomic E-state index is 0.311. The molecule has 132 valence electrons. The van der Waals surface area contributed by atoms with Gasteiger partial charge in [-0.3, -0.25) is 14.8 Å². The molecule has 0 bridgehead atoms. The Morgan fingerprint density at radius 3 is 2.60 bits per heavy atom. The molecule has 1 aliphatic rings. The van der Waals surface area contributed by atoms with Crippen LogP contribution in [-0.2, 0) is 13.1 Å². The van der Waals surface area contributed by atoms with E-state index < -0.39 is 5.97 Å². The van der Waals surface area contributed by atoms with Crippen LogP contribution < -0.4 is 0 Å². The van der Waals surface area contributed by atoms with Crippen molar-refractivity contribution in [3.63, 3.8) is 0 Å². The molecule has 0 aliphatic carbocycles. The number of aromatic nitrogens is 1. The van der Waals surface area contributed by atoms with Crippen molar-refractivity contribution in [2.75, 3.05) is 20.1 Å². The Hall–Kier alpha value is -2.24. The van der Waals surface area contributed by atoms with E-state index in [0.29, 0.717) is 23.8 Å². The van der Waals surface area contributed by atoms with Gasteiger partial charge in [0.05, 0.1) is 11.3 Å². The summed E-state index contributed by atoms with van der Waals surface area (Å²) in [5.74, 6) is -0.902. The minimum Gasteiger partial charge on any atom is -0.478 e. The number of piperidine rings is 1. The van der Waals surface area contributed by atoms with Crippen LogP contribution in [0.15, 0.2) is 48.7 Å². The largest absolute Gasteiger partial charge is 0.478 e. The van der Waals surface area contributed by atoms with E-state index in [4.69, 9.17) is 0 Å². The maximum Gasteiger partial charge on any atom is 0.337 e. The highest BCUT2D eigenvalue weighted by atomic mass is 16.4. The van der Waals surface area contributed by atoms with Gasteiger partial charge in [-0.2, -0.15) is 0 Å². The molecule has 5 nitrogen and oxygen atoms in total. The number of carbonyl (C=O) groups is 1. The third-order valence-corrected chi connectivity index (χ3v) is 4.95. The molecule has 5 heteroatoms. The van der Waals surface area contributed by atoms with E-state index in [-0.39, 0.29) is 0 Å². The summed E-state index contributed by atoms with van der Waals surface area (Å²) in [6, 6.07) is 14.4. The van der Waals surface area contributed by atoms with Crippen molar-refractivity contribution < 1.29 is 9.90 Å². The van der Waals surface area contributed by atoms with E-state index in [2.05, 4.69) is 46.1 Å². The number of pyridine rings is 1. The Morgan fingerprint density at radius 1 is 1.20 bits per heavy atom. The molecular formula is C20H25N3O2. The number of carboxylic acids is 1. The second kappa shape index (κ2) is 8.23. The van der Waals surface area contributed by atoms with Crippen LogP contribution in [-0.4, -0.2) is 52.0 Å². The molecule has 0 amide bonds. The van der Waals surface area contributed by atoms with Crippen LogP contribution in [0.25, 0.3) is 0 Å². The van der Waals surface area contributed by atoms with E-state index in [1.165, 1.54) is 5.56 Å². The number of benzene rings is 1. The SMILES string of the molecule is CN(Cc1ccccc1)C1CCN(Cc2ncccc2C(=O)O)CC1. The Bertz CT molecular complexity index is 697. The maximum atomic E-state index is 11.3. The molecule has 3 rings (SSSR count). The molecule has 0 unspecified atom stereocenters. The fourth-order valence-corrected chi connectivity index (χ4v) is 3.49. The van der Waals surface area contributed by atoms with Gasteiger partial charge in [0.1, 0.15) is 0 Å². The zero-order valence-corrected chi connectivity index (χ0v) is 14.6. The molecule has 2 aromatic rings. The number of likely N-dealkylation sites (tertiary alicyclic amines) is 1. The van der Waals surface area contributed by atoms with Crippen molar-refractivity contribution in [2.24, 2.45) is 0 Å². The molecule has 1 aliphatic heterocycles. The fourth-order valence-electron chi connectivity index (χ4n) is 3.49. The fraction of sp³-hybridized carbons (Fsp3) is 0.400. The standard InChI is InChI=1S/C20H25N3O2/c1-22(14-16-6-3-2-4-7-16)17-9-12-23(13-10-17)15-19-18(20(24)25)8-5-11-21-19/h2-8,11,17H,9-10,12-15H2,1H3,(H,24,25). The molecule has 1 aromatic carbocycles. The zero-order valence-electron chi connectivity index (χ0n) is 14.6. The minimum atomic E-state index is -0.902. The Labute approximate surface area is 148 Å². The highest BCUT2D eigenvalue weighted by Crippen LogP contribution is 2.19. The van der Waals surface area contributed by atoms with E-state index in [1.807, 2.05) is 6.07 Å². The van der Waals surface area contributed by atoms with Crippen LogP contribution in [0.1, 0.15) is 34.5 Å². The smallest absolute Gasteiger partial charge is 0.337 e. The van der Waals surface area contributed by atoms with Gasteiger partial charge in [0.2, 0.25) is 0 Å². The van der Waals surface area contributed by atoms with E-state index >= 15 is 0 Å². The summed E-state index contributed by atoms with van der Waals surface area (Å²) >= 11 is 0. The summed E-state index contributed by atoms with van der Waals surface area (Å²) in [5.41, 5.74) is 2.31. The molecule has 0 spiro atoms. The summed E-state index contributed by atoms with van der Waals surface area (Å²) in [7, 11) is 2.19. The van der Waals surface area contributed by atoms with Crippen LogP contribution >= 0.6 is 0 Å². The van der Waals surface area contributed by atoms with Crippen molar-refractivity contribution in [1.82, 2.24) is 14.8 Å². The third-order valence-electron chi connectivity index (χ3n) is 4.95. The van der Waals surface area contributed by atoms with Gasteiger partial charge in [0, 0.05) is 38.4 Å². The van der Waals surface area contributed by atoms with Crippen molar-refractivity contribution in [3.8, 4) is 0 Å². The second-order valence-electron chi connectivity index (χ2n) is 6.71. The number of hydrogen-bond donors (Lipinski definition) is 1. The van der Waals surface area contributed by atoms with Gasteiger partial charge in [-0.05, 0) is 37.6 Å². The van der Waals surface area contributed by atoms with E-state index in [0.717, 1.165) is 32.5 Å². The van der Waals surface area contributed by atoms with E-state index in [1.54, 1.807) is 18.3 Å². The van der Waals surface area contributed by atoms with Gasteiger partial charge in [-0.15, -0.1) is 0 Å². The predicted octanol–water partition coefficient (Wildman–Crippen LogP) is 2.88. The Kier molecular flexibility index (Phi) is 5.79. The van der Waals surface area contributed by atoms with Crippen molar-refractivity contribution >= 4 is 5.97 Å². The molecule has 1 saturated heterocycles. The molecule has 0 radical (unpaired) electrons. The first-order chi connectivity index (χ1) is 12.1. The lowest BCUT2D eigenvalue weighted by molar-refractivity contribution is 0.0691. The molecule has 1 aromatic heterocycles. The average Bonchev–Trinajstić information content (AvgIpc) is 2.63. The van der Waals surface area contributed by atoms with Crippen LogP contribution in [0.5, 0.6) is 0 Å². The van der Waals surface area contributed by atoms with Gasteiger partial charge in [-0.25, -0.2) is 4.79 Å². The Balaban J connectivity index is 1.53. The van der Waals surface area contributed by atoms with Gasteiger partial charge < -0.3 is 5.11 Å². The van der Waals surface area contributed by atoms with Crippen LogP contribution in [0, 0.1) is 0 Å². The quantitative estimate of drug-likeness (QED) is 0.877. The van der Waals surface area contributed by atoms with Gasteiger partial charge in [0.25, 0.3) is 0 Å². The molecular weight excluding hydrogens is 314 g/mol. The van der Waals surface area contributed by atoms with Crippen molar-refractivity contribution in [3.05, 3.63) is 65.5 Å². The first-order valence-corrected chi connectivity index (χ1v) is 8.77. The van der Waals surface area contributed by atoms with Crippen LogP contribution in [0.4, 0.5) is 0 Å². The number of aromatic carboxylic acids is 1. The number of carboxylic acid groups (broad SMARTS) is 1. The molecule has 0 saturated carbocycles.